The molecule has 0 amide bonds. The van der Waals surface area contributed by atoms with Crippen molar-refractivity contribution in [2.75, 3.05) is 4.90 Å². The molecule has 2 unspecified atom stereocenters. The van der Waals surface area contributed by atoms with Gasteiger partial charge in [-0.25, -0.2) is 0 Å². The molecular formula is C39H34N2. The van der Waals surface area contributed by atoms with Crippen LogP contribution in [0.1, 0.15) is 42.4 Å². The molecule has 41 heavy (non-hydrogen) atoms. The van der Waals surface area contributed by atoms with Crippen molar-refractivity contribution in [1.82, 2.24) is 4.57 Å². The first-order chi connectivity index (χ1) is 20.0. The van der Waals surface area contributed by atoms with E-state index in [0.717, 1.165) is 12.8 Å². The molecule has 2 nitrogen and oxygen atoms in total. The number of aryl methyl sites for hydroxylation is 2. The topological polar surface area (TPSA) is 8.17 Å². The van der Waals surface area contributed by atoms with Crippen LogP contribution in [0.3, 0.4) is 0 Å². The number of hydrogen-bond donors (Lipinski definition) is 0. The third kappa shape index (κ3) is 3.50. The standard InChI is InChI=1S/C39H34N2/c1-26-24-28(40-36-16-7-4-12-32(36)33-13-5-8-17-37(33)40)19-21-30(26)31-22-20-29(25-27(31)2)41-38-18-9-6-14-34(38)35-15-10-11-23-39(35,41)3/h4-10,12-22,24-25,35H,11,23H2,1-3H3. The van der Waals surface area contributed by atoms with Gasteiger partial charge in [-0.3, -0.25) is 0 Å². The molecule has 2 heterocycles. The summed E-state index contributed by atoms with van der Waals surface area (Å²) < 4.78 is 2.40. The van der Waals surface area contributed by atoms with Gasteiger partial charge in [0, 0.05) is 33.8 Å². The molecule has 2 aliphatic rings. The van der Waals surface area contributed by atoms with E-state index in [0.29, 0.717) is 5.92 Å². The number of aromatic nitrogens is 1. The minimum Gasteiger partial charge on any atom is -0.334 e. The van der Waals surface area contributed by atoms with Gasteiger partial charge in [0.05, 0.1) is 16.6 Å². The summed E-state index contributed by atoms with van der Waals surface area (Å²) in [5.74, 6) is 0.433. The molecule has 0 fully saturated rings. The summed E-state index contributed by atoms with van der Waals surface area (Å²) in [4.78, 5) is 2.62. The Morgan fingerprint density at radius 3 is 1.93 bits per heavy atom. The number of anilines is 2. The second-order valence-corrected chi connectivity index (χ2v) is 12.1. The Balaban J connectivity index is 1.21. The average Bonchev–Trinajstić information content (AvgIpc) is 3.47. The summed E-state index contributed by atoms with van der Waals surface area (Å²) in [5.41, 5.74) is 13.1. The number of fused-ring (bicyclic) bond motifs is 6. The largest absolute Gasteiger partial charge is 0.334 e. The highest BCUT2D eigenvalue weighted by molar-refractivity contribution is 6.09. The molecule has 200 valence electrons. The first-order valence-electron chi connectivity index (χ1n) is 14.8. The second kappa shape index (κ2) is 8.97. The molecule has 0 saturated carbocycles. The SMILES string of the molecule is Cc1cc(N2c3ccccc3C3C=CCCC32C)ccc1-c1ccc(-n2c3ccccc3c3ccccc32)cc1C. The number of allylic oxidation sites excluding steroid dienone is 1. The Morgan fingerprint density at radius 2 is 1.24 bits per heavy atom. The van der Waals surface area contributed by atoms with Crippen LogP contribution in [0, 0.1) is 13.8 Å². The van der Waals surface area contributed by atoms with E-state index in [-0.39, 0.29) is 5.54 Å². The summed E-state index contributed by atoms with van der Waals surface area (Å²) in [6, 6.07) is 40.4. The summed E-state index contributed by atoms with van der Waals surface area (Å²) in [5, 5.41) is 2.59. The van der Waals surface area contributed by atoms with Crippen LogP contribution < -0.4 is 4.90 Å². The molecule has 8 rings (SSSR count). The Morgan fingerprint density at radius 1 is 0.659 bits per heavy atom. The van der Waals surface area contributed by atoms with Crippen LogP contribution in [0.25, 0.3) is 38.6 Å². The maximum absolute atomic E-state index is 2.62. The van der Waals surface area contributed by atoms with Gasteiger partial charge >= 0.3 is 0 Å². The van der Waals surface area contributed by atoms with Crippen molar-refractivity contribution in [3.05, 3.63) is 138 Å². The fourth-order valence-electron chi connectivity index (χ4n) is 7.70. The highest BCUT2D eigenvalue weighted by Gasteiger charge is 2.48. The Kier molecular flexibility index (Phi) is 5.31. The zero-order valence-electron chi connectivity index (χ0n) is 23.9. The van der Waals surface area contributed by atoms with Crippen LogP contribution in [-0.2, 0) is 0 Å². The molecule has 0 spiro atoms. The lowest BCUT2D eigenvalue weighted by Gasteiger charge is -2.42. The number of hydrogen-bond acceptors (Lipinski definition) is 1. The van der Waals surface area contributed by atoms with Gasteiger partial charge < -0.3 is 9.47 Å². The molecule has 0 N–H and O–H groups in total. The van der Waals surface area contributed by atoms with E-state index in [2.05, 4.69) is 152 Å². The van der Waals surface area contributed by atoms with Gasteiger partial charge in [-0.05, 0) is 104 Å². The van der Waals surface area contributed by atoms with Crippen molar-refractivity contribution < 1.29 is 0 Å². The molecule has 2 atom stereocenters. The van der Waals surface area contributed by atoms with E-state index < -0.39 is 0 Å². The number of benzene rings is 5. The fraction of sp³-hybridized carbons (Fsp3) is 0.179. The molecule has 6 aromatic rings. The maximum Gasteiger partial charge on any atom is 0.0541 e. The van der Waals surface area contributed by atoms with Crippen molar-refractivity contribution in [3.63, 3.8) is 0 Å². The van der Waals surface area contributed by atoms with Gasteiger partial charge in [-0.1, -0.05) is 78.9 Å². The van der Waals surface area contributed by atoms with Gasteiger partial charge in [0.2, 0.25) is 0 Å². The van der Waals surface area contributed by atoms with Gasteiger partial charge in [0.1, 0.15) is 0 Å². The normalized spacial score (nSPS) is 19.6. The van der Waals surface area contributed by atoms with Crippen LogP contribution in [0.5, 0.6) is 0 Å². The fourth-order valence-corrected chi connectivity index (χ4v) is 7.70. The van der Waals surface area contributed by atoms with E-state index in [1.54, 1.807) is 0 Å². The number of para-hydroxylation sites is 3. The van der Waals surface area contributed by atoms with Crippen molar-refractivity contribution in [1.29, 1.82) is 0 Å². The number of nitrogens with zero attached hydrogens (tertiary/aromatic N) is 2. The van der Waals surface area contributed by atoms with Crippen LogP contribution in [0.2, 0.25) is 0 Å². The van der Waals surface area contributed by atoms with E-state index in [1.165, 1.54) is 66.7 Å². The second-order valence-electron chi connectivity index (χ2n) is 12.1. The van der Waals surface area contributed by atoms with Crippen molar-refractivity contribution >= 4 is 33.2 Å². The zero-order chi connectivity index (χ0) is 27.7. The van der Waals surface area contributed by atoms with E-state index in [4.69, 9.17) is 0 Å². The minimum absolute atomic E-state index is 0.0618. The van der Waals surface area contributed by atoms with E-state index >= 15 is 0 Å². The van der Waals surface area contributed by atoms with E-state index in [9.17, 15) is 0 Å². The lowest BCUT2D eigenvalue weighted by atomic mass is 9.76. The predicted molar refractivity (Wildman–Crippen MR) is 174 cm³/mol. The first kappa shape index (κ1) is 24.3. The van der Waals surface area contributed by atoms with Gasteiger partial charge in [0.25, 0.3) is 0 Å². The molecule has 2 heteroatoms. The van der Waals surface area contributed by atoms with Gasteiger partial charge in [0.15, 0.2) is 0 Å². The van der Waals surface area contributed by atoms with Crippen molar-refractivity contribution in [2.24, 2.45) is 0 Å². The zero-order valence-corrected chi connectivity index (χ0v) is 23.9. The van der Waals surface area contributed by atoms with Crippen molar-refractivity contribution in [3.8, 4) is 16.8 Å². The van der Waals surface area contributed by atoms with Gasteiger partial charge in [-0.15, -0.1) is 0 Å². The molecule has 1 aromatic heterocycles. The first-order valence-corrected chi connectivity index (χ1v) is 14.8. The highest BCUT2D eigenvalue weighted by Crippen LogP contribution is 2.55. The molecule has 5 aromatic carbocycles. The molecule has 0 saturated heterocycles. The molecule has 1 aliphatic heterocycles. The molecule has 0 bridgehead atoms. The average molecular weight is 531 g/mol. The molecule has 0 radical (unpaired) electrons. The Labute approximate surface area is 242 Å². The highest BCUT2D eigenvalue weighted by atomic mass is 15.2. The van der Waals surface area contributed by atoms with E-state index in [1.807, 2.05) is 0 Å². The van der Waals surface area contributed by atoms with Crippen molar-refractivity contribution in [2.45, 2.75) is 45.1 Å². The van der Waals surface area contributed by atoms with Gasteiger partial charge in [-0.2, -0.15) is 0 Å². The lowest BCUT2D eigenvalue weighted by molar-refractivity contribution is 0.398. The molecule has 1 aliphatic carbocycles. The number of rotatable bonds is 3. The molecular weight excluding hydrogens is 496 g/mol. The lowest BCUT2D eigenvalue weighted by Crippen LogP contribution is -2.44. The van der Waals surface area contributed by atoms with Crippen LogP contribution in [0.4, 0.5) is 11.4 Å². The third-order valence-corrected chi connectivity index (χ3v) is 9.65. The Bertz CT molecular complexity index is 1950. The summed E-state index contributed by atoms with van der Waals surface area (Å²) in [6.07, 6.45) is 7.09. The maximum atomic E-state index is 2.62. The summed E-state index contributed by atoms with van der Waals surface area (Å²) in [6.45, 7) is 6.96. The monoisotopic (exact) mass is 530 g/mol. The van der Waals surface area contributed by atoms with Crippen LogP contribution >= 0.6 is 0 Å². The summed E-state index contributed by atoms with van der Waals surface area (Å²) in [7, 11) is 0. The smallest absolute Gasteiger partial charge is 0.0541 e. The quantitative estimate of drug-likeness (QED) is 0.207. The third-order valence-electron chi connectivity index (χ3n) is 9.65. The summed E-state index contributed by atoms with van der Waals surface area (Å²) >= 11 is 0. The minimum atomic E-state index is 0.0618. The predicted octanol–water partition coefficient (Wildman–Crippen LogP) is 10.4. The van der Waals surface area contributed by atoms with Crippen LogP contribution in [-0.4, -0.2) is 10.1 Å². The van der Waals surface area contributed by atoms with Crippen LogP contribution in [0.15, 0.2) is 121 Å². The Hall–Kier alpha value is -4.56.